The van der Waals surface area contributed by atoms with Crippen LogP contribution in [0.25, 0.3) is 0 Å². The number of hydrogen-bond donors (Lipinski definition) is 2. The van der Waals surface area contributed by atoms with Crippen molar-refractivity contribution in [2.24, 2.45) is 0 Å². The van der Waals surface area contributed by atoms with Crippen LogP contribution in [0, 0.1) is 5.82 Å². The van der Waals surface area contributed by atoms with Gasteiger partial charge in [-0.1, -0.05) is 15.9 Å². The minimum atomic E-state index is -0.706. The Bertz CT molecular complexity index is 322. The molecular formula is C10H12BrFO2S. The zero-order valence-corrected chi connectivity index (χ0v) is 10.4. The van der Waals surface area contributed by atoms with Gasteiger partial charge in [0.25, 0.3) is 0 Å². The lowest BCUT2D eigenvalue weighted by Crippen LogP contribution is -2.14. The Morgan fingerprint density at radius 2 is 2.20 bits per heavy atom. The van der Waals surface area contributed by atoms with Gasteiger partial charge in [0, 0.05) is 16.0 Å². The van der Waals surface area contributed by atoms with E-state index in [4.69, 9.17) is 10.2 Å². The molecule has 0 saturated carbocycles. The van der Waals surface area contributed by atoms with Gasteiger partial charge in [-0.3, -0.25) is 0 Å². The van der Waals surface area contributed by atoms with Gasteiger partial charge in [-0.2, -0.15) is 11.8 Å². The first-order valence-electron chi connectivity index (χ1n) is 4.44. The fourth-order valence-corrected chi connectivity index (χ4v) is 2.54. The average molecular weight is 295 g/mol. The van der Waals surface area contributed by atoms with Crippen LogP contribution in [-0.2, 0) is 5.75 Å². The second-order valence-corrected chi connectivity index (χ2v) is 4.97. The summed E-state index contributed by atoms with van der Waals surface area (Å²) in [5.41, 5.74) is 0.852. The zero-order chi connectivity index (χ0) is 11.3. The molecular weight excluding hydrogens is 283 g/mol. The number of halogens is 2. The van der Waals surface area contributed by atoms with Crippen LogP contribution in [0.2, 0.25) is 0 Å². The summed E-state index contributed by atoms with van der Waals surface area (Å²) in [5.74, 6) is 0.783. The summed E-state index contributed by atoms with van der Waals surface area (Å²) in [5, 5.41) is 17.7. The van der Waals surface area contributed by atoms with Gasteiger partial charge in [-0.25, -0.2) is 4.39 Å². The summed E-state index contributed by atoms with van der Waals surface area (Å²) < 4.78 is 13.7. The zero-order valence-electron chi connectivity index (χ0n) is 7.99. The number of rotatable bonds is 5. The number of aliphatic hydroxyl groups is 2. The monoisotopic (exact) mass is 294 g/mol. The molecule has 2 nitrogen and oxygen atoms in total. The van der Waals surface area contributed by atoms with Gasteiger partial charge in [0.2, 0.25) is 0 Å². The molecule has 1 aromatic carbocycles. The summed E-state index contributed by atoms with van der Waals surface area (Å²) in [4.78, 5) is 0. The largest absolute Gasteiger partial charge is 0.394 e. The van der Waals surface area contributed by atoms with E-state index in [1.165, 1.54) is 23.9 Å². The highest BCUT2D eigenvalue weighted by molar-refractivity contribution is 9.10. The minimum Gasteiger partial charge on any atom is -0.394 e. The third-order valence-electron chi connectivity index (χ3n) is 1.79. The maximum atomic E-state index is 12.9. The van der Waals surface area contributed by atoms with Gasteiger partial charge >= 0.3 is 0 Å². The van der Waals surface area contributed by atoms with Gasteiger partial charge in [-0.15, -0.1) is 0 Å². The number of thioether (sulfide) groups is 1. The van der Waals surface area contributed by atoms with E-state index in [9.17, 15) is 4.39 Å². The first-order valence-corrected chi connectivity index (χ1v) is 6.39. The standard InChI is InChI=1S/C10H12BrFO2S/c11-10-2-1-8(12)3-7(10)5-15-6-9(14)4-13/h1-3,9,13-14H,4-6H2. The minimum absolute atomic E-state index is 0.239. The van der Waals surface area contributed by atoms with E-state index in [0.29, 0.717) is 11.5 Å². The molecule has 1 rings (SSSR count). The first kappa shape index (κ1) is 13.0. The molecule has 0 spiro atoms. The van der Waals surface area contributed by atoms with E-state index < -0.39 is 6.10 Å². The van der Waals surface area contributed by atoms with Crippen molar-refractivity contribution >= 4 is 27.7 Å². The summed E-state index contributed by atoms with van der Waals surface area (Å²) in [6.07, 6.45) is -0.706. The molecule has 15 heavy (non-hydrogen) atoms. The van der Waals surface area contributed by atoms with E-state index in [2.05, 4.69) is 15.9 Å². The predicted octanol–water partition coefficient (Wildman–Crippen LogP) is 2.17. The van der Waals surface area contributed by atoms with E-state index in [-0.39, 0.29) is 12.4 Å². The lowest BCUT2D eigenvalue weighted by Gasteiger charge is -2.07. The van der Waals surface area contributed by atoms with Gasteiger partial charge in [0.15, 0.2) is 0 Å². The highest BCUT2D eigenvalue weighted by atomic mass is 79.9. The van der Waals surface area contributed by atoms with Crippen molar-refractivity contribution in [1.82, 2.24) is 0 Å². The number of aliphatic hydroxyl groups excluding tert-OH is 2. The van der Waals surface area contributed by atoms with Crippen molar-refractivity contribution < 1.29 is 14.6 Å². The molecule has 0 amide bonds. The van der Waals surface area contributed by atoms with Crippen LogP contribution >= 0.6 is 27.7 Å². The highest BCUT2D eigenvalue weighted by Crippen LogP contribution is 2.22. The van der Waals surface area contributed by atoms with Gasteiger partial charge in [0.05, 0.1) is 12.7 Å². The van der Waals surface area contributed by atoms with Crippen molar-refractivity contribution in [3.63, 3.8) is 0 Å². The quantitative estimate of drug-likeness (QED) is 0.874. The lowest BCUT2D eigenvalue weighted by atomic mass is 10.2. The molecule has 1 aromatic rings. The molecule has 0 aliphatic carbocycles. The first-order chi connectivity index (χ1) is 7.13. The molecule has 0 aliphatic rings. The van der Waals surface area contributed by atoms with Gasteiger partial charge in [0.1, 0.15) is 5.82 Å². The third-order valence-corrected chi connectivity index (χ3v) is 3.70. The maximum absolute atomic E-state index is 12.9. The Hall–Kier alpha value is -0.100. The molecule has 5 heteroatoms. The number of benzene rings is 1. The Kier molecular flexibility index (Phi) is 5.60. The van der Waals surface area contributed by atoms with E-state index >= 15 is 0 Å². The van der Waals surface area contributed by atoms with Crippen molar-refractivity contribution in [3.05, 3.63) is 34.1 Å². The fraction of sp³-hybridized carbons (Fsp3) is 0.400. The molecule has 1 atom stereocenters. The second kappa shape index (κ2) is 6.48. The molecule has 0 aliphatic heterocycles. The van der Waals surface area contributed by atoms with Crippen molar-refractivity contribution in [1.29, 1.82) is 0 Å². The molecule has 2 N–H and O–H groups in total. The van der Waals surface area contributed by atoms with Crippen LogP contribution in [0.15, 0.2) is 22.7 Å². The summed E-state index contributed by atoms with van der Waals surface area (Å²) in [6.45, 7) is -0.239. The van der Waals surface area contributed by atoms with Crippen LogP contribution in [0.4, 0.5) is 4.39 Å². The fourth-order valence-electron chi connectivity index (χ4n) is 1.01. The van der Waals surface area contributed by atoms with E-state index in [1.807, 2.05) is 0 Å². The molecule has 0 heterocycles. The van der Waals surface area contributed by atoms with E-state index in [0.717, 1.165) is 10.0 Å². The van der Waals surface area contributed by atoms with Crippen LogP contribution < -0.4 is 0 Å². The topological polar surface area (TPSA) is 40.5 Å². The second-order valence-electron chi connectivity index (χ2n) is 3.09. The molecule has 0 bridgehead atoms. The Morgan fingerprint density at radius 1 is 1.47 bits per heavy atom. The summed E-state index contributed by atoms with van der Waals surface area (Å²) >= 11 is 4.78. The smallest absolute Gasteiger partial charge is 0.123 e. The average Bonchev–Trinajstić information content (AvgIpc) is 2.23. The highest BCUT2D eigenvalue weighted by Gasteiger charge is 2.05. The third kappa shape index (κ3) is 4.51. The predicted molar refractivity (Wildman–Crippen MR) is 63.4 cm³/mol. The van der Waals surface area contributed by atoms with Crippen LogP contribution in [0.1, 0.15) is 5.56 Å². The SMILES string of the molecule is OCC(O)CSCc1cc(F)ccc1Br. The maximum Gasteiger partial charge on any atom is 0.123 e. The molecule has 1 unspecified atom stereocenters. The normalized spacial score (nSPS) is 12.8. The molecule has 0 aromatic heterocycles. The lowest BCUT2D eigenvalue weighted by molar-refractivity contribution is 0.113. The van der Waals surface area contributed by atoms with Crippen molar-refractivity contribution in [2.45, 2.75) is 11.9 Å². The van der Waals surface area contributed by atoms with Gasteiger partial charge < -0.3 is 10.2 Å². The number of hydrogen-bond acceptors (Lipinski definition) is 3. The van der Waals surface area contributed by atoms with Crippen molar-refractivity contribution in [2.75, 3.05) is 12.4 Å². The van der Waals surface area contributed by atoms with Crippen LogP contribution in [0.3, 0.4) is 0 Å². The van der Waals surface area contributed by atoms with Crippen LogP contribution in [0.5, 0.6) is 0 Å². The molecule has 0 fully saturated rings. The Labute approximate surface area is 101 Å². The summed E-state index contributed by atoms with van der Waals surface area (Å²) in [7, 11) is 0. The van der Waals surface area contributed by atoms with Crippen molar-refractivity contribution in [3.8, 4) is 0 Å². The Morgan fingerprint density at radius 3 is 2.87 bits per heavy atom. The molecule has 0 radical (unpaired) electrons. The Balaban J connectivity index is 2.46. The van der Waals surface area contributed by atoms with Crippen LogP contribution in [-0.4, -0.2) is 28.7 Å². The molecule has 0 saturated heterocycles. The molecule has 84 valence electrons. The summed E-state index contributed by atoms with van der Waals surface area (Å²) in [6, 6.07) is 4.51. The van der Waals surface area contributed by atoms with E-state index in [1.54, 1.807) is 6.07 Å². The van der Waals surface area contributed by atoms with Gasteiger partial charge in [-0.05, 0) is 23.8 Å².